The maximum absolute atomic E-state index is 11.8. The van der Waals surface area contributed by atoms with Crippen LogP contribution in [0.4, 0.5) is 10.5 Å². The van der Waals surface area contributed by atoms with E-state index < -0.39 is 5.97 Å². The van der Waals surface area contributed by atoms with E-state index in [2.05, 4.69) is 24.5 Å². The SMILES string of the molecule is Cc1cc(C(=O)O)ccc1NC(=O)NC(C)CC(C)C. The second kappa shape index (κ2) is 6.93. The van der Waals surface area contributed by atoms with Gasteiger partial charge in [-0.1, -0.05) is 13.8 Å². The Labute approximate surface area is 119 Å². The Bertz CT molecular complexity index is 498. The van der Waals surface area contributed by atoms with Crippen molar-refractivity contribution in [2.75, 3.05) is 5.32 Å². The summed E-state index contributed by atoms with van der Waals surface area (Å²) in [4.78, 5) is 22.7. The molecule has 20 heavy (non-hydrogen) atoms. The van der Waals surface area contributed by atoms with Crippen molar-refractivity contribution in [3.05, 3.63) is 29.3 Å². The summed E-state index contributed by atoms with van der Waals surface area (Å²) in [6, 6.07) is 4.43. The molecule has 5 nitrogen and oxygen atoms in total. The van der Waals surface area contributed by atoms with Gasteiger partial charge < -0.3 is 15.7 Å². The summed E-state index contributed by atoms with van der Waals surface area (Å²) in [5, 5.41) is 14.5. The highest BCUT2D eigenvalue weighted by atomic mass is 16.4. The van der Waals surface area contributed by atoms with Crippen molar-refractivity contribution in [1.82, 2.24) is 5.32 Å². The standard InChI is InChI=1S/C15H22N2O3/c1-9(2)7-11(4)16-15(20)17-13-6-5-12(14(18)19)8-10(13)3/h5-6,8-9,11H,7H2,1-4H3,(H,18,19)(H2,16,17,20). The molecule has 0 aliphatic heterocycles. The van der Waals surface area contributed by atoms with E-state index in [1.54, 1.807) is 13.0 Å². The normalized spacial score (nSPS) is 12.1. The molecular weight excluding hydrogens is 256 g/mol. The number of amides is 2. The fourth-order valence-corrected chi connectivity index (χ4v) is 2.09. The molecule has 0 aliphatic carbocycles. The molecule has 2 amide bonds. The molecule has 0 spiro atoms. The fourth-order valence-electron chi connectivity index (χ4n) is 2.09. The summed E-state index contributed by atoms with van der Waals surface area (Å²) in [5.74, 6) is -0.462. The van der Waals surface area contributed by atoms with E-state index in [-0.39, 0.29) is 17.6 Å². The number of rotatable bonds is 5. The summed E-state index contributed by atoms with van der Waals surface area (Å²) < 4.78 is 0. The Morgan fingerprint density at radius 1 is 1.25 bits per heavy atom. The molecular formula is C15H22N2O3. The number of urea groups is 1. The Hall–Kier alpha value is -2.04. The first-order chi connectivity index (χ1) is 9.29. The highest BCUT2D eigenvalue weighted by Gasteiger charge is 2.11. The zero-order valence-corrected chi connectivity index (χ0v) is 12.4. The van der Waals surface area contributed by atoms with Crippen LogP contribution >= 0.6 is 0 Å². The second-order valence-electron chi connectivity index (χ2n) is 5.46. The minimum atomic E-state index is -0.977. The summed E-state index contributed by atoms with van der Waals surface area (Å²) in [5.41, 5.74) is 1.54. The number of benzene rings is 1. The zero-order valence-electron chi connectivity index (χ0n) is 12.4. The van der Waals surface area contributed by atoms with E-state index in [1.165, 1.54) is 12.1 Å². The molecule has 1 unspecified atom stereocenters. The molecule has 1 atom stereocenters. The molecule has 1 aromatic rings. The molecule has 3 N–H and O–H groups in total. The van der Waals surface area contributed by atoms with Crippen molar-refractivity contribution >= 4 is 17.7 Å². The van der Waals surface area contributed by atoms with Gasteiger partial charge in [0.1, 0.15) is 0 Å². The van der Waals surface area contributed by atoms with Gasteiger partial charge in [-0.15, -0.1) is 0 Å². The molecule has 0 bridgehead atoms. The van der Waals surface area contributed by atoms with Gasteiger partial charge in [0, 0.05) is 11.7 Å². The van der Waals surface area contributed by atoms with Crippen LogP contribution in [0.5, 0.6) is 0 Å². The molecule has 0 radical (unpaired) electrons. The predicted octanol–water partition coefficient (Wildman–Crippen LogP) is 3.25. The minimum absolute atomic E-state index is 0.0913. The number of aromatic carboxylic acids is 1. The molecule has 0 saturated carbocycles. The lowest BCUT2D eigenvalue weighted by Gasteiger charge is -2.17. The van der Waals surface area contributed by atoms with E-state index >= 15 is 0 Å². The molecule has 5 heteroatoms. The smallest absolute Gasteiger partial charge is 0.335 e. The van der Waals surface area contributed by atoms with Crippen molar-refractivity contribution in [1.29, 1.82) is 0 Å². The number of hydrogen-bond donors (Lipinski definition) is 3. The Morgan fingerprint density at radius 3 is 2.40 bits per heavy atom. The van der Waals surface area contributed by atoms with Crippen molar-refractivity contribution in [3.8, 4) is 0 Å². The van der Waals surface area contributed by atoms with Gasteiger partial charge >= 0.3 is 12.0 Å². The molecule has 0 fully saturated rings. The van der Waals surface area contributed by atoms with Crippen molar-refractivity contribution in [2.45, 2.75) is 40.2 Å². The molecule has 1 rings (SSSR count). The van der Waals surface area contributed by atoms with Crippen LogP contribution in [0.25, 0.3) is 0 Å². The van der Waals surface area contributed by atoms with Crippen LogP contribution in [0.2, 0.25) is 0 Å². The summed E-state index contributed by atoms with van der Waals surface area (Å²) in [7, 11) is 0. The number of anilines is 1. The Kier molecular flexibility index (Phi) is 5.55. The lowest BCUT2D eigenvalue weighted by atomic mass is 10.1. The quantitative estimate of drug-likeness (QED) is 0.773. The zero-order chi connectivity index (χ0) is 15.3. The van der Waals surface area contributed by atoms with Crippen LogP contribution in [-0.4, -0.2) is 23.1 Å². The molecule has 0 aromatic heterocycles. The summed E-state index contributed by atoms with van der Waals surface area (Å²) in [6.07, 6.45) is 0.907. The van der Waals surface area contributed by atoms with E-state index in [0.29, 0.717) is 11.6 Å². The monoisotopic (exact) mass is 278 g/mol. The average Bonchev–Trinajstić information content (AvgIpc) is 2.30. The fraction of sp³-hybridized carbons (Fsp3) is 0.467. The third kappa shape index (κ3) is 4.91. The third-order valence-electron chi connectivity index (χ3n) is 2.92. The van der Waals surface area contributed by atoms with E-state index in [4.69, 9.17) is 5.11 Å². The van der Waals surface area contributed by atoms with E-state index in [1.807, 2.05) is 6.92 Å². The van der Waals surface area contributed by atoms with Crippen LogP contribution in [0, 0.1) is 12.8 Å². The first kappa shape index (κ1) is 16.0. The number of carboxylic acids is 1. The lowest BCUT2D eigenvalue weighted by Crippen LogP contribution is -2.36. The van der Waals surface area contributed by atoms with E-state index in [9.17, 15) is 9.59 Å². The molecule has 110 valence electrons. The maximum atomic E-state index is 11.8. The predicted molar refractivity (Wildman–Crippen MR) is 79.2 cm³/mol. The van der Waals surface area contributed by atoms with Crippen LogP contribution < -0.4 is 10.6 Å². The highest BCUT2D eigenvalue weighted by Crippen LogP contribution is 2.16. The van der Waals surface area contributed by atoms with Gasteiger partial charge in [0.05, 0.1) is 5.56 Å². The highest BCUT2D eigenvalue weighted by molar-refractivity contribution is 5.92. The first-order valence-electron chi connectivity index (χ1n) is 6.71. The molecule has 0 aliphatic rings. The molecule has 0 saturated heterocycles. The largest absolute Gasteiger partial charge is 0.478 e. The van der Waals surface area contributed by atoms with Gasteiger partial charge in [-0.2, -0.15) is 0 Å². The summed E-state index contributed by atoms with van der Waals surface area (Å²) in [6.45, 7) is 7.93. The number of hydrogen-bond acceptors (Lipinski definition) is 2. The Morgan fingerprint density at radius 2 is 1.90 bits per heavy atom. The van der Waals surface area contributed by atoms with Gasteiger partial charge in [0.15, 0.2) is 0 Å². The first-order valence-corrected chi connectivity index (χ1v) is 6.71. The third-order valence-corrected chi connectivity index (χ3v) is 2.92. The van der Waals surface area contributed by atoms with Gasteiger partial charge in [0.25, 0.3) is 0 Å². The molecule has 0 heterocycles. The van der Waals surface area contributed by atoms with Gasteiger partial charge in [0.2, 0.25) is 0 Å². The van der Waals surface area contributed by atoms with Gasteiger partial charge in [-0.3, -0.25) is 0 Å². The minimum Gasteiger partial charge on any atom is -0.478 e. The maximum Gasteiger partial charge on any atom is 0.335 e. The average molecular weight is 278 g/mol. The topological polar surface area (TPSA) is 78.4 Å². The number of carbonyl (C=O) groups is 2. The summed E-state index contributed by atoms with van der Waals surface area (Å²) >= 11 is 0. The lowest BCUT2D eigenvalue weighted by molar-refractivity contribution is 0.0697. The van der Waals surface area contributed by atoms with Crippen LogP contribution in [0.15, 0.2) is 18.2 Å². The second-order valence-corrected chi connectivity index (χ2v) is 5.46. The number of carboxylic acid groups (broad SMARTS) is 1. The number of aryl methyl sites for hydroxylation is 1. The van der Waals surface area contributed by atoms with Gasteiger partial charge in [-0.05, 0) is 49.9 Å². The number of carbonyl (C=O) groups excluding carboxylic acids is 1. The van der Waals surface area contributed by atoms with Crippen LogP contribution in [-0.2, 0) is 0 Å². The molecule has 1 aromatic carbocycles. The van der Waals surface area contributed by atoms with Crippen molar-refractivity contribution < 1.29 is 14.7 Å². The van der Waals surface area contributed by atoms with Gasteiger partial charge in [-0.25, -0.2) is 9.59 Å². The Balaban J connectivity index is 2.64. The van der Waals surface area contributed by atoms with Crippen molar-refractivity contribution in [2.24, 2.45) is 5.92 Å². The van der Waals surface area contributed by atoms with Crippen LogP contribution in [0.1, 0.15) is 43.1 Å². The van der Waals surface area contributed by atoms with Crippen LogP contribution in [0.3, 0.4) is 0 Å². The van der Waals surface area contributed by atoms with Crippen molar-refractivity contribution in [3.63, 3.8) is 0 Å². The van der Waals surface area contributed by atoms with E-state index in [0.717, 1.165) is 12.0 Å². The number of nitrogens with one attached hydrogen (secondary N) is 2.